The van der Waals surface area contributed by atoms with E-state index in [1.54, 1.807) is 17.0 Å². The normalized spacial score (nSPS) is 15.6. The molecule has 140 valence electrons. The second-order valence-electron chi connectivity index (χ2n) is 6.55. The van der Waals surface area contributed by atoms with Gasteiger partial charge in [0.15, 0.2) is 0 Å². The molecule has 3 aromatic rings. The summed E-state index contributed by atoms with van der Waals surface area (Å²) in [6.45, 7) is 1.46. The summed E-state index contributed by atoms with van der Waals surface area (Å²) in [6, 6.07) is 22.7. The second kappa shape index (κ2) is 7.48. The lowest BCUT2D eigenvalue weighted by atomic mass is 10.0. The largest absolute Gasteiger partial charge is 0.360 e. The maximum absolute atomic E-state index is 13.3. The van der Waals surface area contributed by atoms with E-state index in [-0.39, 0.29) is 18.0 Å². The third-order valence-electron chi connectivity index (χ3n) is 4.58. The Balaban J connectivity index is 1.77. The molecular weight excluding hydrogens is 418 g/mol. The van der Waals surface area contributed by atoms with Gasteiger partial charge in [-0.05, 0) is 54.1 Å². The van der Waals surface area contributed by atoms with Crippen LogP contribution in [-0.4, -0.2) is 11.8 Å². The summed E-state index contributed by atoms with van der Waals surface area (Å²) in [6.07, 6.45) is -0.345. The minimum absolute atomic E-state index is 0.0745. The van der Waals surface area contributed by atoms with Gasteiger partial charge in [-0.15, -0.1) is 0 Å². The van der Waals surface area contributed by atoms with E-state index in [9.17, 15) is 9.59 Å². The van der Waals surface area contributed by atoms with Crippen molar-refractivity contribution >= 4 is 44.8 Å². The van der Waals surface area contributed by atoms with Gasteiger partial charge in [-0.25, -0.2) is 0 Å². The Labute approximate surface area is 171 Å². The van der Waals surface area contributed by atoms with Crippen LogP contribution in [0.2, 0.25) is 0 Å². The van der Waals surface area contributed by atoms with E-state index >= 15 is 0 Å². The fourth-order valence-electron chi connectivity index (χ4n) is 3.31. The van der Waals surface area contributed by atoms with Crippen LogP contribution in [-0.2, 0) is 4.79 Å². The number of halogens is 1. The number of benzene rings is 3. The van der Waals surface area contributed by atoms with Gasteiger partial charge in [-0.2, -0.15) is 0 Å². The zero-order chi connectivity index (χ0) is 19.7. The average Bonchev–Trinajstić information content (AvgIpc) is 2.69. The number of para-hydroxylation sites is 1. The minimum atomic E-state index is -0.345. The van der Waals surface area contributed by atoms with Gasteiger partial charge in [0.05, 0.1) is 5.56 Å². The van der Waals surface area contributed by atoms with Crippen LogP contribution < -0.4 is 15.5 Å². The van der Waals surface area contributed by atoms with Crippen LogP contribution in [0.15, 0.2) is 77.3 Å². The van der Waals surface area contributed by atoms with Crippen LogP contribution in [0.3, 0.4) is 0 Å². The van der Waals surface area contributed by atoms with Gasteiger partial charge in [0.25, 0.3) is 5.91 Å². The van der Waals surface area contributed by atoms with E-state index in [1.807, 2.05) is 60.7 Å². The summed E-state index contributed by atoms with van der Waals surface area (Å²) in [7, 11) is 0. The molecule has 0 aromatic heterocycles. The number of anilines is 3. The van der Waals surface area contributed by atoms with Crippen molar-refractivity contribution in [3.05, 3.63) is 88.4 Å². The SMILES string of the molecule is CC(=O)Nc1ccc(N2C(=O)c3ccccc3N[C@@H]2c2ccc(Br)cc2)cc1. The van der Waals surface area contributed by atoms with Crippen molar-refractivity contribution < 1.29 is 9.59 Å². The lowest BCUT2D eigenvalue weighted by molar-refractivity contribution is -0.114. The third kappa shape index (κ3) is 3.51. The molecule has 3 aromatic carbocycles. The second-order valence-corrected chi connectivity index (χ2v) is 7.46. The molecule has 0 spiro atoms. The number of hydrogen-bond acceptors (Lipinski definition) is 3. The Bertz CT molecular complexity index is 1030. The summed E-state index contributed by atoms with van der Waals surface area (Å²) >= 11 is 3.46. The zero-order valence-corrected chi connectivity index (χ0v) is 16.7. The molecule has 1 atom stereocenters. The molecule has 0 aliphatic carbocycles. The molecule has 2 amide bonds. The quantitative estimate of drug-likeness (QED) is 0.595. The first kappa shape index (κ1) is 18.3. The first-order valence-corrected chi connectivity index (χ1v) is 9.64. The molecule has 1 heterocycles. The van der Waals surface area contributed by atoms with Crippen LogP contribution in [0.1, 0.15) is 29.0 Å². The van der Waals surface area contributed by atoms with E-state index in [2.05, 4.69) is 26.6 Å². The van der Waals surface area contributed by atoms with Crippen LogP contribution in [0, 0.1) is 0 Å². The molecule has 28 heavy (non-hydrogen) atoms. The molecule has 0 unspecified atom stereocenters. The monoisotopic (exact) mass is 435 g/mol. The van der Waals surface area contributed by atoms with Crippen molar-refractivity contribution in [2.24, 2.45) is 0 Å². The molecule has 0 radical (unpaired) electrons. The molecule has 1 aliphatic rings. The van der Waals surface area contributed by atoms with E-state index in [1.165, 1.54) is 6.92 Å². The number of nitrogens with zero attached hydrogens (tertiary/aromatic N) is 1. The van der Waals surface area contributed by atoms with Crippen LogP contribution in [0.25, 0.3) is 0 Å². The summed E-state index contributed by atoms with van der Waals surface area (Å²) in [5.41, 5.74) is 3.84. The van der Waals surface area contributed by atoms with Crippen molar-refractivity contribution in [2.45, 2.75) is 13.1 Å². The summed E-state index contributed by atoms with van der Waals surface area (Å²) < 4.78 is 0.977. The Morgan fingerprint density at radius 2 is 1.68 bits per heavy atom. The maximum Gasteiger partial charge on any atom is 0.262 e. The standard InChI is InChI=1S/C22H18BrN3O2/c1-14(27)24-17-10-12-18(13-11-17)26-21(15-6-8-16(23)9-7-15)25-20-5-3-2-4-19(20)22(26)28/h2-13,21,25H,1H3,(H,24,27)/t21-/m0/s1. The smallest absolute Gasteiger partial charge is 0.262 e. The molecule has 2 N–H and O–H groups in total. The van der Waals surface area contributed by atoms with Gasteiger partial charge < -0.3 is 10.6 Å². The van der Waals surface area contributed by atoms with Crippen molar-refractivity contribution in [3.63, 3.8) is 0 Å². The highest BCUT2D eigenvalue weighted by Gasteiger charge is 2.33. The van der Waals surface area contributed by atoms with Gasteiger partial charge in [0.1, 0.15) is 6.17 Å². The molecule has 0 fully saturated rings. The highest BCUT2D eigenvalue weighted by atomic mass is 79.9. The lowest BCUT2D eigenvalue weighted by Gasteiger charge is -2.38. The number of nitrogens with one attached hydrogen (secondary N) is 2. The fourth-order valence-corrected chi connectivity index (χ4v) is 3.57. The van der Waals surface area contributed by atoms with Crippen LogP contribution in [0.4, 0.5) is 17.1 Å². The molecule has 0 bridgehead atoms. The van der Waals surface area contributed by atoms with Gasteiger partial charge in [0.2, 0.25) is 5.91 Å². The fraction of sp³-hybridized carbons (Fsp3) is 0.0909. The zero-order valence-electron chi connectivity index (χ0n) is 15.1. The predicted molar refractivity (Wildman–Crippen MR) is 115 cm³/mol. The van der Waals surface area contributed by atoms with E-state index < -0.39 is 0 Å². The Kier molecular flexibility index (Phi) is 4.88. The van der Waals surface area contributed by atoms with Crippen LogP contribution in [0.5, 0.6) is 0 Å². The van der Waals surface area contributed by atoms with Crippen molar-refractivity contribution in [1.29, 1.82) is 0 Å². The van der Waals surface area contributed by atoms with Crippen molar-refractivity contribution in [1.82, 2.24) is 0 Å². The first-order valence-electron chi connectivity index (χ1n) is 8.85. The molecular formula is C22H18BrN3O2. The highest BCUT2D eigenvalue weighted by molar-refractivity contribution is 9.10. The van der Waals surface area contributed by atoms with Crippen LogP contribution >= 0.6 is 15.9 Å². The topological polar surface area (TPSA) is 61.4 Å². The number of fused-ring (bicyclic) bond motifs is 1. The summed E-state index contributed by atoms with van der Waals surface area (Å²) in [4.78, 5) is 26.3. The van der Waals surface area contributed by atoms with Crippen molar-refractivity contribution in [2.75, 3.05) is 15.5 Å². The highest BCUT2D eigenvalue weighted by Crippen LogP contribution is 2.37. The third-order valence-corrected chi connectivity index (χ3v) is 5.11. The van der Waals surface area contributed by atoms with Gasteiger partial charge in [0, 0.05) is 28.5 Å². The average molecular weight is 436 g/mol. The summed E-state index contributed by atoms with van der Waals surface area (Å²) in [5, 5.41) is 6.23. The molecule has 5 nitrogen and oxygen atoms in total. The van der Waals surface area contributed by atoms with Gasteiger partial charge >= 0.3 is 0 Å². The molecule has 4 rings (SSSR count). The minimum Gasteiger partial charge on any atom is -0.360 e. The number of hydrogen-bond donors (Lipinski definition) is 2. The Morgan fingerprint density at radius 3 is 2.36 bits per heavy atom. The number of carbonyl (C=O) groups is 2. The van der Waals surface area contributed by atoms with Gasteiger partial charge in [-0.1, -0.05) is 40.2 Å². The number of carbonyl (C=O) groups excluding carboxylic acids is 2. The van der Waals surface area contributed by atoms with E-state index in [0.29, 0.717) is 11.3 Å². The van der Waals surface area contributed by atoms with Crippen molar-refractivity contribution in [3.8, 4) is 0 Å². The Morgan fingerprint density at radius 1 is 1.00 bits per heavy atom. The summed E-state index contributed by atoms with van der Waals surface area (Å²) in [5.74, 6) is -0.209. The Hall–Kier alpha value is -3.12. The van der Waals surface area contributed by atoms with Gasteiger partial charge in [-0.3, -0.25) is 14.5 Å². The van der Waals surface area contributed by atoms with E-state index in [4.69, 9.17) is 0 Å². The maximum atomic E-state index is 13.3. The van der Waals surface area contributed by atoms with E-state index in [0.717, 1.165) is 21.4 Å². The lowest BCUT2D eigenvalue weighted by Crippen LogP contribution is -2.43. The predicted octanol–water partition coefficient (Wildman–Crippen LogP) is 5.18. The molecule has 1 aliphatic heterocycles. The molecule has 0 saturated heterocycles. The number of amides is 2. The molecule has 6 heteroatoms. The number of rotatable bonds is 3. The molecule has 0 saturated carbocycles. The first-order chi connectivity index (χ1) is 13.5.